The lowest BCUT2D eigenvalue weighted by molar-refractivity contribution is -0.157. The number of benzene rings is 2. The van der Waals surface area contributed by atoms with Crippen LogP contribution in [0.15, 0.2) is 79.0 Å². The van der Waals surface area contributed by atoms with Crippen LogP contribution in [0.1, 0.15) is 23.0 Å². The second-order valence-corrected chi connectivity index (χ2v) is 7.84. The monoisotopic (exact) mass is 429 g/mol. The van der Waals surface area contributed by atoms with E-state index in [9.17, 15) is 9.59 Å². The summed E-state index contributed by atoms with van der Waals surface area (Å²) in [5.41, 5.74) is 2.31. The fourth-order valence-electron chi connectivity index (χ4n) is 4.14. The molecule has 6 nitrogen and oxygen atoms in total. The van der Waals surface area contributed by atoms with Crippen LogP contribution in [0.5, 0.6) is 0 Å². The highest BCUT2D eigenvalue weighted by Gasteiger charge is 2.45. The molecule has 0 radical (unpaired) electrons. The molecule has 1 aromatic heterocycles. The molecule has 0 spiro atoms. The van der Waals surface area contributed by atoms with Crippen LogP contribution < -0.4 is 5.32 Å². The zero-order valence-electron chi connectivity index (χ0n) is 18.2. The first-order valence-electron chi connectivity index (χ1n) is 10.9. The molecule has 1 aliphatic heterocycles. The lowest BCUT2D eigenvalue weighted by Crippen LogP contribution is -2.62. The Morgan fingerprint density at radius 2 is 1.78 bits per heavy atom. The highest BCUT2D eigenvalue weighted by Crippen LogP contribution is 2.30. The van der Waals surface area contributed by atoms with Crippen LogP contribution in [-0.2, 0) is 16.0 Å². The topological polar surface area (TPSA) is 71.5 Å². The third-order valence-electron chi connectivity index (χ3n) is 5.69. The smallest absolute Gasteiger partial charge is 0.272 e. The van der Waals surface area contributed by atoms with Gasteiger partial charge in [-0.2, -0.15) is 0 Å². The normalized spacial score (nSPS) is 18.2. The predicted molar refractivity (Wildman–Crippen MR) is 123 cm³/mol. The molecule has 4 rings (SSSR count). The summed E-state index contributed by atoms with van der Waals surface area (Å²) in [7, 11) is 0. The number of hydrogen-bond acceptors (Lipinski definition) is 4. The second kappa shape index (κ2) is 9.75. The molecule has 6 heteroatoms. The quantitative estimate of drug-likeness (QED) is 0.652. The molecule has 0 unspecified atom stereocenters. The maximum absolute atomic E-state index is 13.3. The van der Waals surface area contributed by atoms with Crippen LogP contribution in [0, 0.1) is 0 Å². The number of nitrogens with one attached hydrogen (secondary N) is 1. The Hall–Kier alpha value is -3.51. The molecule has 1 aliphatic rings. The largest absolute Gasteiger partial charge is 0.361 e. The molecule has 1 atom stereocenters. The van der Waals surface area contributed by atoms with Crippen molar-refractivity contribution in [3.8, 4) is 11.1 Å². The summed E-state index contributed by atoms with van der Waals surface area (Å²) >= 11 is 0. The fourth-order valence-corrected chi connectivity index (χ4v) is 4.14. The molecular weight excluding hydrogens is 402 g/mol. The van der Waals surface area contributed by atoms with Gasteiger partial charge in [-0.15, -0.1) is 0 Å². The molecule has 0 bridgehead atoms. The zero-order valence-corrected chi connectivity index (χ0v) is 18.2. The van der Waals surface area contributed by atoms with Crippen molar-refractivity contribution >= 4 is 11.8 Å². The first-order valence-corrected chi connectivity index (χ1v) is 10.9. The number of rotatable bonds is 6. The molecule has 0 saturated carbocycles. The Morgan fingerprint density at radius 3 is 2.53 bits per heavy atom. The summed E-state index contributed by atoms with van der Waals surface area (Å²) < 4.78 is 6.16. The van der Waals surface area contributed by atoms with Crippen LogP contribution in [0.3, 0.4) is 0 Å². The van der Waals surface area contributed by atoms with Gasteiger partial charge in [0.15, 0.2) is 5.60 Å². The van der Waals surface area contributed by atoms with Crippen LogP contribution in [0.4, 0.5) is 0 Å². The zero-order chi connectivity index (χ0) is 22.4. The average Bonchev–Trinajstić information content (AvgIpc) is 2.85. The van der Waals surface area contributed by atoms with E-state index in [1.807, 2.05) is 43.3 Å². The SMILES string of the molecule is CCNC(=O)[C@]1(Cc2ccccc2-c2ccccc2)CN(C(=O)c2ccccn2)CCO1. The van der Waals surface area contributed by atoms with Crippen molar-refractivity contribution in [1.82, 2.24) is 15.2 Å². The predicted octanol–water partition coefficient (Wildman–Crippen LogP) is 3.34. The van der Waals surface area contributed by atoms with E-state index >= 15 is 0 Å². The molecule has 1 N–H and O–H groups in total. The number of morpholine rings is 1. The number of carbonyl (C=O) groups is 2. The lowest BCUT2D eigenvalue weighted by Gasteiger charge is -2.41. The van der Waals surface area contributed by atoms with Crippen molar-refractivity contribution < 1.29 is 14.3 Å². The van der Waals surface area contributed by atoms with Crippen molar-refractivity contribution in [1.29, 1.82) is 0 Å². The van der Waals surface area contributed by atoms with Gasteiger partial charge in [0.25, 0.3) is 11.8 Å². The van der Waals surface area contributed by atoms with Crippen molar-refractivity contribution in [3.05, 3.63) is 90.3 Å². The highest BCUT2D eigenvalue weighted by molar-refractivity contribution is 5.94. The van der Waals surface area contributed by atoms with E-state index in [0.717, 1.165) is 16.7 Å². The van der Waals surface area contributed by atoms with Crippen LogP contribution >= 0.6 is 0 Å². The maximum atomic E-state index is 13.3. The Balaban J connectivity index is 1.68. The summed E-state index contributed by atoms with van der Waals surface area (Å²) in [6.07, 6.45) is 1.96. The summed E-state index contributed by atoms with van der Waals surface area (Å²) in [5, 5.41) is 2.92. The van der Waals surface area contributed by atoms with E-state index in [4.69, 9.17) is 4.74 Å². The van der Waals surface area contributed by atoms with Gasteiger partial charge in [0.1, 0.15) is 5.69 Å². The molecule has 32 heavy (non-hydrogen) atoms. The van der Waals surface area contributed by atoms with Crippen molar-refractivity contribution in [3.63, 3.8) is 0 Å². The summed E-state index contributed by atoms with van der Waals surface area (Å²) in [4.78, 5) is 32.2. The maximum Gasteiger partial charge on any atom is 0.272 e. The number of carbonyl (C=O) groups excluding carboxylic acids is 2. The third kappa shape index (κ3) is 4.55. The van der Waals surface area contributed by atoms with E-state index < -0.39 is 5.60 Å². The molecule has 164 valence electrons. The van der Waals surface area contributed by atoms with Gasteiger partial charge >= 0.3 is 0 Å². The molecular formula is C26H27N3O3. The number of amides is 2. The van der Waals surface area contributed by atoms with E-state index in [1.54, 1.807) is 29.3 Å². The minimum Gasteiger partial charge on any atom is -0.361 e. The summed E-state index contributed by atoms with van der Waals surface area (Å²) in [6.45, 7) is 3.22. The average molecular weight is 430 g/mol. The number of hydrogen-bond donors (Lipinski definition) is 1. The van der Waals surface area contributed by atoms with E-state index in [-0.39, 0.29) is 25.0 Å². The van der Waals surface area contributed by atoms with Crippen molar-refractivity contribution in [2.75, 3.05) is 26.2 Å². The standard InChI is InChI=1S/C26H27N3O3/c1-2-27-25(31)26(18-21-12-6-7-13-22(21)20-10-4-3-5-11-20)19-29(16-17-32-26)24(30)23-14-8-9-15-28-23/h3-15H,2,16-19H2,1H3,(H,27,31)/t26-/m0/s1. The fraction of sp³-hybridized carbons (Fsp3) is 0.269. The van der Waals surface area contributed by atoms with Gasteiger partial charge in [-0.05, 0) is 35.7 Å². The molecule has 2 heterocycles. The van der Waals surface area contributed by atoms with Crippen molar-refractivity contribution in [2.24, 2.45) is 0 Å². The van der Waals surface area contributed by atoms with Gasteiger partial charge in [0.05, 0.1) is 13.2 Å². The van der Waals surface area contributed by atoms with Gasteiger partial charge in [0.2, 0.25) is 0 Å². The van der Waals surface area contributed by atoms with Gasteiger partial charge in [0, 0.05) is 25.7 Å². The number of aromatic nitrogens is 1. The Kier molecular flexibility index (Phi) is 6.61. The summed E-state index contributed by atoms with van der Waals surface area (Å²) in [5.74, 6) is -0.402. The van der Waals surface area contributed by atoms with Crippen molar-refractivity contribution in [2.45, 2.75) is 18.9 Å². The number of pyridine rings is 1. The second-order valence-electron chi connectivity index (χ2n) is 7.84. The van der Waals surface area contributed by atoms with Gasteiger partial charge in [-0.3, -0.25) is 14.6 Å². The molecule has 2 amide bonds. The Bertz CT molecular complexity index is 1070. The molecule has 1 fully saturated rings. The van der Waals surface area contributed by atoms with E-state index in [0.29, 0.717) is 25.2 Å². The van der Waals surface area contributed by atoms with E-state index in [2.05, 4.69) is 28.5 Å². The van der Waals surface area contributed by atoms with Gasteiger partial charge in [-0.1, -0.05) is 60.7 Å². The van der Waals surface area contributed by atoms with Crippen LogP contribution in [0.25, 0.3) is 11.1 Å². The molecule has 1 saturated heterocycles. The Labute approximate surface area is 188 Å². The number of likely N-dealkylation sites (N-methyl/N-ethyl adjacent to an activating group) is 1. The Morgan fingerprint density at radius 1 is 1.03 bits per heavy atom. The van der Waals surface area contributed by atoms with Gasteiger partial charge < -0.3 is 15.0 Å². The first-order chi connectivity index (χ1) is 15.6. The third-order valence-corrected chi connectivity index (χ3v) is 5.69. The molecule has 2 aromatic carbocycles. The number of ether oxygens (including phenoxy) is 1. The van der Waals surface area contributed by atoms with Gasteiger partial charge in [-0.25, -0.2) is 0 Å². The van der Waals surface area contributed by atoms with Crippen LogP contribution in [0.2, 0.25) is 0 Å². The first kappa shape index (κ1) is 21.7. The molecule has 0 aliphatic carbocycles. The minimum atomic E-state index is -1.18. The molecule has 3 aromatic rings. The number of nitrogens with zero attached hydrogens (tertiary/aromatic N) is 2. The minimum absolute atomic E-state index is 0.164. The van der Waals surface area contributed by atoms with E-state index in [1.165, 1.54) is 0 Å². The van der Waals surface area contributed by atoms with Crippen LogP contribution in [-0.4, -0.2) is 53.5 Å². The lowest BCUT2D eigenvalue weighted by atomic mass is 9.87. The summed E-state index contributed by atoms with van der Waals surface area (Å²) in [6, 6.07) is 23.4. The highest BCUT2D eigenvalue weighted by atomic mass is 16.5.